The van der Waals surface area contributed by atoms with Crippen LogP contribution in [0.5, 0.6) is 0 Å². The topological polar surface area (TPSA) is 32.3 Å². The van der Waals surface area contributed by atoms with Crippen LogP contribution in [0.15, 0.2) is 0 Å². The van der Waals surface area contributed by atoms with Crippen LogP contribution in [0.25, 0.3) is 0 Å². The van der Waals surface area contributed by atoms with Crippen molar-refractivity contribution in [2.45, 2.75) is 58.4 Å². The Hall–Kier alpha value is -0.570. The number of nitrogens with zero attached hydrogens (tertiary/aromatic N) is 1. The Morgan fingerprint density at radius 3 is 2.61 bits per heavy atom. The Balaban J connectivity index is 1.75. The molecule has 2 aliphatic rings. The van der Waals surface area contributed by atoms with E-state index in [-0.39, 0.29) is 5.91 Å². The van der Waals surface area contributed by atoms with E-state index >= 15 is 0 Å². The van der Waals surface area contributed by atoms with Crippen LogP contribution in [0.3, 0.4) is 0 Å². The molecule has 1 aliphatic heterocycles. The Morgan fingerprint density at radius 2 is 1.94 bits per heavy atom. The molecule has 3 heteroatoms. The van der Waals surface area contributed by atoms with E-state index in [1.54, 1.807) is 6.92 Å². The molecular formula is C15H28N2O. The lowest BCUT2D eigenvalue weighted by molar-refractivity contribution is -0.131. The van der Waals surface area contributed by atoms with Gasteiger partial charge >= 0.3 is 0 Å². The van der Waals surface area contributed by atoms with Crippen molar-refractivity contribution in [2.24, 2.45) is 11.8 Å². The molecule has 2 fully saturated rings. The maximum atomic E-state index is 11.5. The van der Waals surface area contributed by atoms with Gasteiger partial charge in [-0.2, -0.15) is 0 Å². The lowest BCUT2D eigenvalue weighted by Gasteiger charge is -2.37. The molecule has 1 heterocycles. The van der Waals surface area contributed by atoms with Gasteiger partial charge in [-0.25, -0.2) is 0 Å². The van der Waals surface area contributed by atoms with Gasteiger partial charge in [0.15, 0.2) is 0 Å². The minimum Gasteiger partial charge on any atom is -0.341 e. The number of likely N-dealkylation sites (tertiary alicyclic amines) is 1. The molecule has 104 valence electrons. The molecule has 1 amide bonds. The summed E-state index contributed by atoms with van der Waals surface area (Å²) in [5.74, 6) is 1.74. The lowest BCUT2D eigenvalue weighted by atomic mass is 9.88. The predicted octanol–water partition coefficient (Wildman–Crippen LogP) is 2.41. The van der Waals surface area contributed by atoms with Gasteiger partial charge < -0.3 is 10.2 Å². The van der Waals surface area contributed by atoms with Crippen molar-refractivity contribution < 1.29 is 4.79 Å². The van der Waals surface area contributed by atoms with E-state index in [9.17, 15) is 4.79 Å². The van der Waals surface area contributed by atoms with Crippen molar-refractivity contribution in [2.75, 3.05) is 19.6 Å². The first-order chi connectivity index (χ1) is 8.65. The Bertz CT molecular complexity index is 274. The zero-order valence-corrected chi connectivity index (χ0v) is 12.0. The molecule has 2 atom stereocenters. The van der Waals surface area contributed by atoms with E-state index in [1.807, 2.05) is 4.90 Å². The van der Waals surface area contributed by atoms with Crippen molar-refractivity contribution in [3.05, 3.63) is 0 Å². The van der Waals surface area contributed by atoms with Gasteiger partial charge in [0.25, 0.3) is 0 Å². The fourth-order valence-electron chi connectivity index (χ4n) is 3.48. The number of rotatable bonds is 3. The molecule has 3 nitrogen and oxygen atoms in total. The molecule has 1 saturated carbocycles. The van der Waals surface area contributed by atoms with E-state index in [2.05, 4.69) is 12.2 Å². The standard InChI is InChI=1S/C15H28N2O/c1-12-8-15(11-17(10-12)13(2)18)16-9-14-6-4-3-5-7-14/h12,14-16H,3-11H2,1-2H3. The Kier molecular flexibility index (Phi) is 5.04. The molecule has 1 N–H and O–H groups in total. The minimum atomic E-state index is 0.228. The first kappa shape index (κ1) is 13.9. The lowest BCUT2D eigenvalue weighted by Crippen LogP contribution is -2.51. The van der Waals surface area contributed by atoms with Gasteiger partial charge in [-0.15, -0.1) is 0 Å². The van der Waals surface area contributed by atoms with E-state index in [0.29, 0.717) is 12.0 Å². The first-order valence-corrected chi connectivity index (χ1v) is 7.64. The van der Waals surface area contributed by atoms with Gasteiger partial charge in [-0.3, -0.25) is 4.79 Å². The summed E-state index contributed by atoms with van der Waals surface area (Å²) in [7, 11) is 0. The molecule has 2 rings (SSSR count). The summed E-state index contributed by atoms with van der Waals surface area (Å²) in [5.41, 5.74) is 0. The summed E-state index contributed by atoms with van der Waals surface area (Å²) in [6.07, 6.45) is 8.25. The minimum absolute atomic E-state index is 0.228. The van der Waals surface area contributed by atoms with Crippen LogP contribution in [-0.4, -0.2) is 36.5 Å². The summed E-state index contributed by atoms with van der Waals surface area (Å²) in [4.78, 5) is 13.5. The second kappa shape index (κ2) is 6.55. The fourth-order valence-corrected chi connectivity index (χ4v) is 3.48. The number of hydrogen-bond donors (Lipinski definition) is 1. The normalized spacial score (nSPS) is 30.4. The van der Waals surface area contributed by atoms with E-state index in [0.717, 1.165) is 25.6 Å². The van der Waals surface area contributed by atoms with Gasteiger partial charge in [0, 0.05) is 26.1 Å². The molecule has 0 aromatic carbocycles. The summed E-state index contributed by atoms with van der Waals surface area (Å²) < 4.78 is 0. The van der Waals surface area contributed by atoms with Crippen molar-refractivity contribution in [3.8, 4) is 0 Å². The second-order valence-electron chi connectivity index (χ2n) is 6.37. The number of carbonyl (C=O) groups is 1. The third-order valence-electron chi connectivity index (χ3n) is 4.52. The molecule has 0 radical (unpaired) electrons. The van der Waals surface area contributed by atoms with Crippen LogP contribution in [0.4, 0.5) is 0 Å². The van der Waals surface area contributed by atoms with Crippen LogP contribution in [0, 0.1) is 11.8 Å². The van der Waals surface area contributed by atoms with Crippen molar-refractivity contribution in [1.82, 2.24) is 10.2 Å². The van der Waals surface area contributed by atoms with Gasteiger partial charge in [-0.1, -0.05) is 26.2 Å². The fraction of sp³-hybridized carbons (Fsp3) is 0.933. The number of carbonyl (C=O) groups excluding carboxylic acids is 1. The van der Waals surface area contributed by atoms with Gasteiger partial charge in [0.1, 0.15) is 0 Å². The smallest absolute Gasteiger partial charge is 0.219 e. The molecule has 0 aromatic rings. The number of hydrogen-bond acceptors (Lipinski definition) is 2. The Morgan fingerprint density at radius 1 is 1.22 bits per heavy atom. The summed E-state index contributed by atoms with van der Waals surface area (Å²) in [6, 6.07) is 0.513. The van der Waals surface area contributed by atoms with Crippen molar-refractivity contribution >= 4 is 5.91 Å². The predicted molar refractivity (Wildman–Crippen MR) is 74.4 cm³/mol. The number of amides is 1. The van der Waals surface area contributed by atoms with Gasteiger partial charge in [0.05, 0.1) is 0 Å². The maximum Gasteiger partial charge on any atom is 0.219 e. The molecular weight excluding hydrogens is 224 g/mol. The summed E-state index contributed by atoms with van der Waals surface area (Å²) >= 11 is 0. The second-order valence-corrected chi connectivity index (χ2v) is 6.37. The van der Waals surface area contributed by atoms with Crippen LogP contribution in [-0.2, 0) is 4.79 Å². The highest BCUT2D eigenvalue weighted by Gasteiger charge is 2.26. The summed E-state index contributed by atoms with van der Waals surface area (Å²) in [6.45, 7) is 6.95. The molecule has 1 saturated heterocycles. The molecule has 0 bridgehead atoms. The largest absolute Gasteiger partial charge is 0.341 e. The molecule has 0 spiro atoms. The number of nitrogens with one attached hydrogen (secondary N) is 1. The first-order valence-electron chi connectivity index (χ1n) is 7.64. The highest BCUT2D eigenvalue weighted by atomic mass is 16.2. The quantitative estimate of drug-likeness (QED) is 0.836. The third kappa shape index (κ3) is 3.98. The zero-order chi connectivity index (χ0) is 13.0. The molecule has 18 heavy (non-hydrogen) atoms. The van der Waals surface area contributed by atoms with Crippen LogP contribution >= 0.6 is 0 Å². The van der Waals surface area contributed by atoms with Crippen molar-refractivity contribution in [3.63, 3.8) is 0 Å². The highest BCUT2D eigenvalue weighted by Crippen LogP contribution is 2.23. The third-order valence-corrected chi connectivity index (χ3v) is 4.52. The van der Waals surface area contributed by atoms with Crippen LogP contribution in [0.1, 0.15) is 52.4 Å². The highest BCUT2D eigenvalue weighted by molar-refractivity contribution is 5.73. The average Bonchev–Trinajstić information content (AvgIpc) is 2.37. The van der Waals surface area contributed by atoms with E-state index in [1.165, 1.54) is 38.5 Å². The molecule has 0 aromatic heterocycles. The van der Waals surface area contributed by atoms with E-state index < -0.39 is 0 Å². The number of piperidine rings is 1. The van der Waals surface area contributed by atoms with Crippen molar-refractivity contribution in [1.29, 1.82) is 0 Å². The SMILES string of the molecule is CC(=O)N1CC(C)CC(NCC2CCCCC2)C1. The molecule has 1 aliphatic carbocycles. The molecule has 2 unspecified atom stereocenters. The average molecular weight is 252 g/mol. The maximum absolute atomic E-state index is 11.5. The monoisotopic (exact) mass is 252 g/mol. The summed E-state index contributed by atoms with van der Waals surface area (Å²) in [5, 5.41) is 3.71. The van der Waals surface area contributed by atoms with Crippen LogP contribution in [0.2, 0.25) is 0 Å². The van der Waals surface area contributed by atoms with E-state index in [4.69, 9.17) is 0 Å². The zero-order valence-electron chi connectivity index (χ0n) is 12.0. The van der Waals surface area contributed by atoms with Gasteiger partial charge in [-0.05, 0) is 37.6 Å². The van der Waals surface area contributed by atoms with Crippen LogP contribution < -0.4 is 5.32 Å². The Labute approximate surface area is 111 Å². The van der Waals surface area contributed by atoms with Gasteiger partial charge in [0.2, 0.25) is 5.91 Å².